The molecule has 0 amide bonds. The standard InChI is InChI=1S/C16H15N5/c17-12-19-15(20-14-7-4-10-18-11-14)21-16(8-9-16)13-5-2-1-3-6-13/h1-7,10-11H,8-9H2,(H2,19,20,21). The fourth-order valence-electron chi connectivity index (χ4n) is 2.31. The molecule has 1 aliphatic rings. The zero-order valence-electron chi connectivity index (χ0n) is 11.5. The van der Waals surface area contributed by atoms with Gasteiger partial charge in [-0.25, -0.2) is 0 Å². The first kappa shape index (κ1) is 13.1. The smallest absolute Gasteiger partial charge is 0.212 e. The lowest BCUT2D eigenvalue weighted by atomic mass is 10.1. The summed E-state index contributed by atoms with van der Waals surface area (Å²) < 4.78 is 0. The van der Waals surface area contributed by atoms with Crippen LogP contribution in [-0.2, 0) is 5.54 Å². The van der Waals surface area contributed by atoms with E-state index >= 15 is 0 Å². The summed E-state index contributed by atoms with van der Waals surface area (Å²) in [5.41, 5.74) is 1.89. The third kappa shape index (κ3) is 3.00. The molecule has 1 aromatic carbocycles. The summed E-state index contributed by atoms with van der Waals surface area (Å²) in [6, 6.07) is 13.9. The van der Waals surface area contributed by atoms with Crippen LogP contribution in [0.15, 0.2) is 59.9 Å². The van der Waals surface area contributed by atoms with Crippen molar-refractivity contribution in [1.29, 1.82) is 5.26 Å². The zero-order chi connectivity index (χ0) is 14.5. The van der Waals surface area contributed by atoms with E-state index in [1.807, 2.05) is 36.5 Å². The molecule has 5 nitrogen and oxygen atoms in total. The monoisotopic (exact) mass is 277 g/mol. The predicted molar refractivity (Wildman–Crippen MR) is 81.4 cm³/mol. The van der Waals surface area contributed by atoms with E-state index in [1.54, 1.807) is 12.4 Å². The summed E-state index contributed by atoms with van der Waals surface area (Å²) in [5.74, 6) is 0.451. The Labute approximate surface area is 123 Å². The Morgan fingerprint density at radius 2 is 2.00 bits per heavy atom. The Bertz CT molecular complexity index is 669. The summed E-state index contributed by atoms with van der Waals surface area (Å²) in [6.07, 6.45) is 7.27. The van der Waals surface area contributed by atoms with Crippen molar-refractivity contribution in [3.8, 4) is 6.19 Å². The molecule has 5 heteroatoms. The molecule has 0 aliphatic heterocycles. The van der Waals surface area contributed by atoms with Crippen molar-refractivity contribution in [2.75, 3.05) is 5.32 Å². The number of pyridine rings is 1. The number of rotatable bonds is 3. The molecule has 3 rings (SSSR count). The number of anilines is 1. The van der Waals surface area contributed by atoms with Gasteiger partial charge < -0.3 is 10.6 Å². The van der Waals surface area contributed by atoms with Crippen LogP contribution in [0.4, 0.5) is 5.69 Å². The number of nitrogens with one attached hydrogen (secondary N) is 2. The van der Waals surface area contributed by atoms with E-state index in [2.05, 4.69) is 32.7 Å². The van der Waals surface area contributed by atoms with Gasteiger partial charge in [-0.15, -0.1) is 4.99 Å². The van der Waals surface area contributed by atoms with Gasteiger partial charge in [-0.05, 0) is 30.5 Å². The van der Waals surface area contributed by atoms with Gasteiger partial charge >= 0.3 is 0 Å². The molecular weight excluding hydrogens is 262 g/mol. The van der Waals surface area contributed by atoms with Crippen molar-refractivity contribution >= 4 is 11.6 Å². The van der Waals surface area contributed by atoms with Crippen LogP contribution >= 0.6 is 0 Å². The second-order valence-electron chi connectivity index (χ2n) is 5.00. The first-order valence-corrected chi connectivity index (χ1v) is 6.80. The Morgan fingerprint density at radius 1 is 1.19 bits per heavy atom. The van der Waals surface area contributed by atoms with E-state index in [1.165, 1.54) is 5.56 Å². The summed E-state index contributed by atoms with van der Waals surface area (Å²) in [6.45, 7) is 0. The molecule has 0 radical (unpaired) electrons. The molecule has 0 saturated heterocycles. The van der Waals surface area contributed by atoms with Crippen LogP contribution in [0.1, 0.15) is 18.4 Å². The molecule has 2 aromatic rings. The molecule has 1 aromatic heterocycles. The molecule has 1 aliphatic carbocycles. The first-order chi connectivity index (χ1) is 10.3. The second-order valence-corrected chi connectivity index (χ2v) is 5.00. The summed E-state index contributed by atoms with van der Waals surface area (Å²) >= 11 is 0. The molecule has 1 fully saturated rings. The van der Waals surface area contributed by atoms with Gasteiger partial charge in [0.1, 0.15) is 0 Å². The Hall–Kier alpha value is -2.87. The molecule has 0 spiro atoms. The van der Waals surface area contributed by atoms with Crippen LogP contribution in [-0.4, -0.2) is 10.9 Å². The van der Waals surface area contributed by atoms with E-state index in [4.69, 9.17) is 5.26 Å². The summed E-state index contributed by atoms with van der Waals surface area (Å²) in [5, 5.41) is 15.3. The average molecular weight is 277 g/mol. The van der Waals surface area contributed by atoms with Crippen molar-refractivity contribution in [3.05, 3.63) is 60.4 Å². The topological polar surface area (TPSA) is 73.1 Å². The summed E-state index contributed by atoms with van der Waals surface area (Å²) in [7, 11) is 0. The first-order valence-electron chi connectivity index (χ1n) is 6.80. The molecule has 1 saturated carbocycles. The third-order valence-corrected chi connectivity index (χ3v) is 3.52. The molecule has 21 heavy (non-hydrogen) atoms. The van der Waals surface area contributed by atoms with Crippen LogP contribution in [0.3, 0.4) is 0 Å². The highest BCUT2D eigenvalue weighted by atomic mass is 15.2. The SMILES string of the molecule is N#C/N=C(/Nc1cccnc1)NC1(c2ccccc2)CC1. The van der Waals surface area contributed by atoms with E-state index < -0.39 is 0 Å². The number of aliphatic imine (C=N–C) groups is 1. The number of hydrogen-bond donors (Lipinski definition) is 2. The van der Waals surface area contributed by atoms with Crippen LogP contribution in [0.5, 0.6) is 0 Å². The molecule has 104 valence electrons. The van der Waals surface area contributed by atoms with Gasteiger partial charge in [0.05, 0.1) is 17.4 Å². The van der Waals surface area contributed by atoms with Gasteiger partial charge in [-0.2, -0.15) is 5.26 Å². The zero-order valence-corrected chi connectivity index (χ0v) is 11.5. The number of aromatic nitrogens is 1. The third-order valence-electron chi connectivity index (χ3n) is 3.52. The van der Waals surface area contributed by atoms with E-state index in [0.29, 0.717) is 5.96 Å². The maximum absolute atomic E-state index is 8.87. The minimum atomic E-state index is -0.119. The number of benzene rings is 1. The van der Waals surface area contributed by atoms with E-state index in [0.717, 1.165) is 18.5 Å². The van der Waals surface area contributed by atoms with Gasteiger partial charge in [0.2, 0.25) is 12.2 Å². The average Bonchev–Trinajstić information content (AvgIpc) is 3.30. The maximum Gasteiger partial charge on any atom is 0.212 e. The van der Waals surface area contributed by atoms with Gasteiger partial charge in [0.15, 0.2) is 0 Å². The molecule has 0 unspecified atom stereocenters. The van der Waals surface area contributed by atoms with Crippen molar-refractivity contribution < 1.29 is 0 Å². The number of guanidine groups is 1. The van der Waals surface area contributed by atoms with Crippen LogP contribution < -0.4 is 10.6 Å². The molecule has 0 bridgehead atoms. The number of nitriles is 1. The van der Waals surface area contributed by atoms with E-state index in [9.17, 15) is 0 Å². The lowest BCUT2D eigenvalue weighted by molar-refractivity contribution is 0.643. The van der Waals surface area contributed by atoms with Crippen LogP contribution in [0.25, 0.3) is 0 Å². The fraction of sp³-hybridized carbons (Fsp3) is 0.188. The highest BCUT2D eigenvalue weighted by Gasteiger charge is 2.45. The van der Waals surface area contributed by atoms with Gasteiger partial charge in [-0.3, -0.25) is 4.98 Å². The quantitative estimate of drug-likeness (QED) is 0.514. The van der Waals surface area contributed by atoms with Gasteiger partial charge in [-0.1, -0.05) is 30.3 Å². The van der Waals surface area contributed by atoms with Crippen molar-refractivity contribution in [2.45, 2.75) is 18.4 Å². The van der Waals surface area contributed by atoms with Crippen molar-refractivity contribution in [2.24, 2.45) is 4.99 Å². The minimum absolute atomic E-state index is 0.119. The lowest BCUT2D eigenvalue weighted by Crippen LogP contribution is -2.39. The molecule has 0 atom stereocenters. The largest absolute Gasteiger partial charge is 0.346 e. The fourth-order valence-corrected chi connectivity index (χ4v) is 2.31. The van der Waals surface area contributed by atoms with Crippen molar-refractivity contribution in [1.82, 2.24) is 10.3 Å². The Kier molecular flexibility index (Phi) is 3.52. The number of hydrogen-bond acceptors (Lipinski definition) is 3. The van der Waals surface area contributed by atoms with Gasteiger partial charge in [0.25, 0.3) is 0 Å². The van der Waals surface area contributed by atoms with E-state index in [-0.39, 0.29) is 5.54 Å². The highest BCUT2D eigenvalue weighted by Crippen LogP contribution is 2.45. The Balaban J connectivity index is 1.78. The predicted octanol–water partition coefficient (Wildman–Crippen LogP) is 2.61. The number of nitrogens with zero attached hydrogens (tertiary/aromatic N) is 3. The lowest BCUT2D eigenvalue weighted by Gasteiger charge is -2.20. The van der Waals surface area contributed by atoms with Crippen molar-refractivity contribution in [3.63, 3.8) is 0 Å². The molecule has 2 N–H and O–H groups in total. The van der Waals surface area contributed by atoms with Gasteiger partial charge in [0, 0.05) is 6.20 Å². The van der Waals surface area contributed by atoms with Crippen LogP contribution in [0.2, 0.25) is 0 Å². The van der Waals surface area contributed by atoms with Crippen LogP contribution in [0, 0.1) is 11.5 Å². The minimum Gasteiger partial charge on any atom is -0.346 e. The highest BCUT2D eigenvalue weighted by molar-refractivity contribution is 5.94. The maximum atomic E-state index is 8.87. The normalized spacial score (nSPS) is 15.9. The summed E-state index contributed by atoms with van der Waals surface area (Å²) in [4.78, 5) is 7.88. The second kappa shape index (κ2) is 5.63. The molecular formula is C16H15N5. The molecule has 1 heterocycles. The Morgan fingerprint density at radius 3 is 2.62 bits per heavy atom.